The summed E-state index contributed by atoms with van der Waals surface area (Å²) in [6, 6.07) is 67.2. The van der Waals surface area contributed by atoms with Gasteiger partial charge in [-0.25, -0.2) is 0 Å². The molecule has 0 heteroatoms. The van der Waals surface area contributed by atoms with Crippen molar-refractivity contribution >= 4 is 0 Å². The zero-order valence-electron chi connectivity index (χ0n) is 33.6. The molecule has 0 nitrogen and oxygen atoms in total. The van der Waals surface area contributed by atoms with Crippen LogP contribution in [0.3, 0.4) is 0 Å². The molecular formula is C60H42. The molecule has 6 aliphatic rings. The summed E-state index contributed by atoms with van der Waals surface area (Å²) < 4.78 is 0. The van der Waals surface area contributed by atoms with Crippen molar-refractivity contribution in [2.45, 2.75) is 38.5 Å². The van der Waals surface area contributed by atoms with Gasteiger partial charge in [0.15, 0.2) is 0 Å². The van der Waals surface area contributed by atoms with E-state index in [1.807, 2.05) is 0 Å². The molecule has 0 bridgehead atoms. The first kappa shape index (κ1) is 33.9. The molecule has 0 fully saturated rings. The molecule has 0 aliphatic heterocycles. The first-order valence-electron chi connectivity index (χ1n) is 21.7. The summed E-state index contributed by atoms with van der Waals surface area (Å²) in [6.07, 6.45) is 6.52. The SMILES string of the molecule is c1ccc2c(c1)Cc1c-2ccc2c1-c1ccccc1C2.c1ccc2c(c1)Cc1cc3c(cc1-2)Cc1ccccc1-3.c1ccc2c(c1)Cc1ccc3c(c1-2)-c1ccccc1C3. The minimum Gasteiger partial charge on any atom is -0.0619 e. The summed E-state index contributed by atoms with van der Waals surface area (Å²) >= 11 is 0. The predicted octanol–water partition coefficient (Wildman–Crippen LogP) is 14.5. The highest BCUT2D eigenvalue weighted by Gasteiger charge is 2.30. The van der Waals surface area contributed by atoms with Gasteiger partial charge in [0.1, 0.15) is 0 Å². The molecule has 0 saturated heterocycles. The van der Waals surface area contributed by atoms with Gasteiger partial charge in [-0.3, -0.25) is 0 Å². The van der Waals surface area contributed by atoms with Crippen LogP contribution in [0.5, 0.6) is 0 Å². The Bertz CT molecular complexity index is 3120. The van der Waals surface area contributed by atoms with Crippen LogP contribution in [0.2, 0.25) is 0 Å². The molecule has 15 rings (SSSR count). The lowest BCUT2D eigenvalue weighted by atomic mass is 9.94. The standard InChI is InChI=1S/3C20H14/c1-3-7-16-14(6-1)12-19-18(16)10-9-15-11-13-5-2-4-8-17(13)20(15)19;1-3-7-17-13(5-1)9-15-11-20-16(12-19(15)17)10-14-6-2-4-8-18(14)20;1-3-7-17-13(5-1)11-15-9-10-16-12-14-6-2-4-8-18(14)20(16)19(15)17/h1-10H,11-12H2;1-8,11-12H,9-10H2;1-10H,11-12H2. The summed E-state index contributed by atoms with van der Waals surface area (Å²) in [4.78, 5) is 0. The molecule has 60 heavy (non-hydrogen) atoms. The second kappa shape index (κ2) is 13.2. The van der Waals surface area contributed by atoms with Crippen molar-refractivity contribution < 1.29 is 0 Å². The molecule has 6 aliphatic carbocycles. The molecule has 0 radical (unpaired) electrons. The Kier molecular flexibility index (Phi) is 7.49. The lowest BCUT2D eigenvalue weighted by molar-refractivity contribution is 1.23. The molecular weight excluding hydrogens is 721 g/mol. The summed E-state index contributed by atoms with van der Waals surface area (Å²) in [5, 5.41) is 0. The van der Waals surface area contributed by atoms with Crippen LogP contribution < -0.4 is 0 Å². The summed E-state index contributed by atoms with van der Waals surface area (Å²) in [6.45, 7) is 0. The van der Waals surface area contributed by atoms with Crippen molar-refractivity contribution in [2.75, 3.05) is 0 Å². The average molecular weight is 763 g/mol. The maximum absolute atomic E-state index is 2.43. The first-order chi connectivity index (χ1) is 29.7. The summed E-state index contributed by atoms with van der Waals surface area (Å²) in [7, 11) is 0. The van der Waals surface area contributed by atoms with E-state index in [1.54, 1.807) is 0 Å². The fourth-order valence-corrected chi connectivity index (χ4v) is 11.5. The maximum Gasteiger partial charge on any atom is -0.000718 e. The van der Waals surface area contributed by atoms with E-state index in [-0.39, 0.29) is 0 Å². The molecule has 0 unspecified atom stereocenters. The largest absolute Gasteiger partial charge is 0.0619 e. The molecule has 0 amide bonds. The van der Waals surface area contributed by atoms with Crippen LogP contribution in [-0.4, -0.2) is 0 Å². The van der Waals surface area contributed by atoms with Gasteiger partial charge in [0.2, 0.25) is 0 Å². The predicted molar refractivity (Wildman–Crippen MR) is 249 cm³/mol. The Hall–Kier alpha value is -7.02. The third-order valence-electron chi connectivity index (χ3n) is 14.2. The number of hydrogen-bond donors (Lipinski definition) is 0. The van der Waals surface area contributed by atoms with Gasteiger partial charge in [-0.2, -0.15) is 0 Å². The normalized spacial score (nSPS) is 13.6. The number of fused-ring (bicyclic) bond motifs is 20. The van der Waals surface area contributed by atoms with E-state index in [0.29, 0.717) is 0 Å². The molecule has 0 aromatic heterocycles. The second-order valence-corrected chi connectivity index (χ2v) is 17.4. The highest BCUT2D eigenvalue weighted by atomic mass is 14.3. The van der Waals surface area contributed by atoms with E-state index in [0.717, 1.165) is 38.5 Å². The summed E-state index contributed by atoms with van der Waals surface area (Å²) in [5.41, 5.74) is 35.3. The van der Waals surface area contributed by atoms with Gasteiger partial charge in [-0.05, 0) is 184 Å². The minimum absolute atomic E-state index is 1.08. The highest BCUT2D eigenvalue weighted by molar-refractivity contribution is 5.95. The van der Waals surface area contributed by atoms with E-state index in [9.17, 15) is 0 Å². The topological polar surface area (TPSA) is 0 Å². The van der Waals surface area contributed by atoms with Gasteiger partial charge < -0.3 is 0 Å². The van der Waals surface area contributed by atoms with E-state index < -0.39 is 0 Å². The van der Waals surface area contributed by atoms with Crippen LogP contribution in [0.1, 0.15) is 66.8 Å². The zero-order chi connectivity index (χ0) is 39.3. The van der Waals surface area contributed by atoms with Crippen molar-refractivity contribution in [3.05, 3.63) is 249 Å². The van der Waals surface area contributed by atoms with Crippen molar-refractivity contribution in [1.82, 2.24) is 0 Å². The van der Waals surface area contributed by atoms with Gasteiger partial charge in [0, 0.05) is 0 Å². The molecule has 282 valence electrons. The van der Waals surface area contributed by atoms with Crippen LogP contribution in [0.4, 0.5) is 0 Å². The average Bonchev–Trinajstić information content (AvgIpc) is 4.15. The summed E-state index contributed by atoms with van der Waals surface area (Å²) in [5.74, 6) is 0. The maximum atomic E-state index is 2.43. The van der Waals surface area contributed by atoms with Crippen LogP contribution >= 0.6 is 0 Å². The fraction of sp³-hybridized carbons (Fsp3) is 0.100. The van der Waals surface area contributed by atoms with E-state index >= 15 is 0 Å². The number of rotatable bonds is 0. The van der Waals surface area contributed by atoms with Gasteiger partial charge in [-0.1, -0.05) is 170 Å². The molecule has 0 spiro atoms. The van der Waals surface area contributed by atoms with E-state index in [1.165, 1.54) is 134 Å². The molecule has 0 atom stereocenters. The molecule has 0 N–H and O–H groups in total. The Morgan fingerprint density at radius 3 is 0.933 bits per heavy atom. The lowest BCUT2D eigenvalue weighted by Crippen LogP contribution is -1.88. The monoisotopic (exact) mass is 762 g/mol. The Morgan fingerprint density at radius 2 is 0.483 bits per heavy atom. The molecule has 0 heterocycles. The van der Waals surface area contributed by atoms with Gasteiger partial charge in [0.25, 0.3) is 0 Å². The Labute approximate surface area is 352 Å². The zero-order valence-corrected chi connectivity index (χ0v) is 33.6. The fourth-order valence-electron chi connectivity index (χ4n) is 11.5. The van der Waals surface area contributed by atoms with Crippen LogP contribution in [0, 0.1) is 0 Å². The number of benzene rings is 9. The third kappa shape index (κ3) is 5.17. The van der Waals surface area contributed by atoms with Crippen molar-refractivity contribution in [1.29, 1.82) is 0 Å². The quantitative estimate of drug-likeness (QED) is 0.144. The van der Waals surface area contributed by atoms with Crippen LogP contribution in [0.25, 0.3) is 66.8 Å². The van der Waals surface area contributed by atoms with Gasteiger partial charge in [-0.15, -0.1) is 0 Å². The van der Waals surface area contributed by atoms with Crippen LogP contribution in [-0.2, 0) is 38.5 Å². The lowest BCUT2D eigenvalue weighted by Gasteiger charge is -2.10. The second-order valence-electron chi connectivity index (χ2n) is 17.4. The number of hydrogen-bond acceptors (Lipinski definition) is 0. The molecule has 9 aromatic carbocycles. The molecule has 0 saturated carbocycles. The first-order valence-corrected chi connectivity index (χ1v) is 21.7. The minimum atomic E-state index is 1.08. The van der Waals surface area contributed by atoms with Gasteiger partial charge >= 0.3 is 0 Å². The molecule has 9 aromatic rings. The third-order valence-corrected chi connectivity index (χ3v) is 14.2. The van der Waals surface area contributed by atoms with E-state index in [2.05, 4.69) is 182 Å². The Morgan fingerprint density at radius 1 is 0.183 bits per heavy atom. The van der Waals surface area contributed by atoms with Crippen molar-refractivity contribution in [3.63, 3.8) is 0 Å². The van der Waals surface area contributed by atoms with Gasteiger partial charge in [0.05, 0.1) is 0 Å². The smallest absolute Gasteiger partial charge is 0.000718 e. The van der Waals surface area contributed by atoms with Crippen molar-refractivity contribution in [2.24, 2.45) is 0 Å². The van der Waals surface area contributed by atoms with Crippen molar-refractivity contribution in [3.8, 4) is 66.8 Å². The Balaban J connectivity index is 0.0000000926. The van der Waals surface area contributed by atoms with Crippen LogP contribution in [0.15, 0.2) is 182 Å². The van der Waals surface area contributed by atoms with E-state index in [4.69, 9.17) is 0 Å². The highest BCUT2D eigenvalue weighted by Crippen LogP contribution is 2.50.